The van der Waals surface area contributed by atoms with Crippen molar-refractivity contribution >= 4 is 11.9 Å². The first-order chi connectivity index (χ1) is 10.9. The van der Waals surface area contributed by atoms with Crippen LogP contribution in [-0.4, -0.2) is 22.1 Å². The highest BCUT2D eigenvalue weighted by Crippen LogP contribution is 2.19. The molecule has 0 radical (unpaired) electrons. The molecule has 0 aliphatic carbocycles. The van der Waals surface area contributed by atoms with Gasteiger partial charge in [0.25, 0.3) is 5.91 Å². The second-order valence-electron chi connectivity index (χ2n) is 5.45. The van der Waals surface area contributed by atoms with Crippen molar-refractivity contribution in [2.75, 3.05) is 0 Å². The average Bonchev–Trinajstić information content (AvgIpc) is 2.97. The Labute approximate surface area is 132 Å². The number of hydrogen-bond acceptors (Lipinski definition) is 4. The molecule has 23 heavy (non-hydrogen) atoms. The van der Waals surface area contributed by atoms with Gasteiger partial charge in [-0.15, -0.1) is 0 Å². The molecule has 0 aliphatic rings. The molecule has 2 aromatic rings. The minimum atomic E-state index is -1.08. The number of aliphatic carboxylic acids is 1. The van der Waals surface area contributed by atoms with Gasteiger partial charge in [-0.3, -0.25) is 9.59 Å². The summed E-state index contributed by atoms with van der Waals surface area (Å²) in [5.74, 6) is -1.98. The molecule has 7 heteroatoms. The third kappa shape index (κ3) is 4.38. The van der Waals surface area contributed by atoms with Gasteiger partial charge in [-0.05, 0) is 23.6 Å². The maximum Gasteiger partial charge on any atom is 0.305 e. The molecule has 0 aliphatic heterocycles. The van der Waals surface area contributed by atoms with Gasteiger partial charge in [0.2, 0.25) is 5.76 Å². The maximum absolute atomic E-state index is 13.0. The minimum absolute atomic E-state index is 0.00574. The van der Waals surface area contributed by atoms with E-state index in [2.05, 4.69) is 10.5 Å². The summed E-state index contributed by atoms with van der Waals surface area (Å²) in [6.45, 7) is 3.82. The first kappa shape index (κ1) is 16.7. The third-order valence-corrected chi connectivity index (χ3v) is 3.30. The monoisotopic (exact) mass is 320 g/mol. The molecular formula is C16H17FN2O4. The lowest BCUT2D eigenvalue weighted by molar-refractivity contribution is -0.137. The predicted molar refractivity (Wildman–Crippen MR) is 79.5 cm³/mol. The van der Waals surface area contributed by atoms with Gasteiger partial charge in [0, 0.05) is 6.07 Å². The van der Waals surface area contributed by atoms with Crippen molar-refractivity contribution in [1.82, 2.24) is 10.5 Å². The Morgan fingerprint density at radius 3 is 2.48 bits per heavy atom. The highest BCUT2D eigenvalue weighted by molar-refractivity contribution is 5.92. The highest BCUT2D eigenvalue weighted by atomic mass is 19.1. The van der Waals surface area contributed by atoms with Crippen molar-refractivity contribution in [2.45, 2.75) is 32.2 Å². The smallest absolute Gasteiger partial charge is 0.305 e. The normalized spacial score (nSPS) is 12.2. The van der Waals surface area contributed by atoms with Crippen LogP contribution in [0.5, 0.6) is 0 Å². The standard InChI is InChI=1S/C16H17FN2O4/c1-9(2)12-7-14(23-19-12)16(22)18-13(8-15(20)21)10-3-5-11(17)6-4-10/h3-7,9,13H,8H2,1-2H3,(H,18,22)(H,20,21)/t13-/m0/s1. The molecule has 2 rings (SSSR count). The van der Waals surface area contributed by atoms with Crippen molar-refractivity contribution < 1.29 is 23.6 Å². The number of rotatable bonds is 6. The summed E-state index contributed by atoms with van der Waals surface area (Å²) in [5, 5.41) is 15.4. The number of nitrogens with zero attached hydrogens (tertiary/aromatic N) is 1. The fraction of sp³-hybridized carbons (Fsp3) is 0.312. The van der Waals surface area contributed by atoms with E-state index in [-0.39, 0.29) is 18.1 Å². The number of amides is 1. The molecule has 1 atom stereocenters. The molecule has 0 bridgehead atoms. The molecule has 1 aromatic carbocycles. The maximum atomic E-state index is 13.0. The van der Waals surface area contributed by atoms with Crippen LogP contribution in [0.25, 0.3) is 0 Å². The van der Waals surface area contributed by atoms with Gasteiger partial charge in [-0.1, -0.05) is 31.1 Å². The quantitative estimate of drug-likeness (QED) is 0.854. The zero-order valence-electron chi connectivity index (χ0n) is 12.7. The topological polar surface area (TPSA) is 92.4 Å². The van der Waals surface area contributed by atoms with E-state index >= 15 is 0 Å². The molecule has 6 nitrogen and oxygen atoms in total. The molecule has 1 aromatic heterocycles. The fourth-order valence-electron chi connectivity index (χ4n) is 2.02. The van der Waals surface area contributed by atoms with Crippen molar-refractivity contribution in [3.8, 4) is 0 Å². The Morgan fingerprint density at radius 1 is 1.30 bits per heavy atom. The van der Waals surface area contributed by atoms with E-state index in [1.54, 1.807) is 0 Å². The molecule has 2 N–H and O–H groups in total. The number of carboxylic acid groups (broad SMARTS) is 1. The van der Waals surface area contributed by atoms with Gasteiger partial charge >= 0.3 is 5.97 Å². The van der Waals surface area contributed by atoms with Gasteiger partial charge in [0.1, 0.15) is 5.82 Å². The fourth-order valence-corrected chi connectivity index (χ4v) is 2.02. The van der Waals surface area contributed by atoms with Crippen LogP contribution in [0.15, 0.2) is 34.9 Å². The molecule has 0 saturated carbocycles. The number of carboxylic acids is 1. The number of hydrogen-bond donors (Lipinski definition) is 2. The van der Waals surface area contributed by atoms with E-state index < -0.39 is 23.7 Å². The SMILES string of the molecule is CC(C)c1cc(C(=O)N[C@@H](CC(=O)O)c2ccc(F)cc2)on1. The molecule has 122 valence electrons. The van der Waals surface area contributed by atoms with Gasteiger partial charge in [-0.25, -0.2) is 4.39 Å². The van der Waals surface area contributed by atoms with Crippen molar-refractivity contribution in [3.05, 3.63) is 53.2 Å². The summed E-state index contributed by atoms with van der Waals surface area (Å²) in [7, 11) is 0. The summed E-state index contributed by atoms with van der Waals surface area (Å²) in [4.78, 5) is 23.2. The van der Waals surface area contributed by atoms with Gasteiger partial charge in [0.15, 0.2) is 0 Å². The Hall–Kier alpha value is -2.70. The van der Waals surface area contributed by atoms with Crippen LogP contribution in [-0.2, 0) is 4.79 Å². The van der Waals surface area contributed by atoms with Gasteiger partial charge < -0.3 is 14.9 Å². The highest BCUT2D eigenvalue weighted by Gasteiger charge is 2.22. The van der Waals surface area contributed by atoms with E-state index in [0.29, 0.717) is 11.3 Å². The molecule has 0 saturated heterocycles. The molecular weight excluding hydrogens is 303 g/mol. The largest absolute Gasteiger partial charge is 0.481 e. The Bertz CT molecular complexity index is 694. The number of benzene rings is 1. The van der Waals surface area contributed by atoms with E-state index in [1.807, 2.05) is 13.8 Å². The first-order valence-corrected chi connectivity index (χ1v) is 7.11. The van der Waals surface area contributed by atoms with Crippen LogP contribution in [0, 0.1) is 5.82 Å². The van der Waals surface area contributed by atoms with Crippen molar-refractivity contribution in [3.63, 3.8) is 0 Å². The second kappa shape index (κ2) is 7.04. The molecule has 0 spiro atoms. The third-order valence-electron chi connectivity index (χ3n) is 3.30. The van der Waals surface area contributed by atoms with Crippen molar-refractivity contribution in [2.24, 2.45) is 0 Å². The van der Waals surface area contributed by atoms with Gasteiger partial charge in [0.05, 0.1) is 18.2 Å². The number of carbonyl (C=O) groups is 2. The summed E-state index contributed by atoms with van der Waals surface area (Å²) < 4.78 is 18.0. The molecule has 0 unspecified atom stereocenters. The first-order valence-electron chi connectivity index (χ1n) is 7.11. The van der Waals surface area contributed by atoms with Crippen LogP contribution in [0.1, 0.15) is 54.0 Å². The molecule has 1 amide bonds. The Balaban J connectivity index is 2.17. The van der Waals surface area contributed by atoms with E-state index in [0.717, 1.165) is 0 Å². The van der Waals surface area contributed by atoms with E-state index in [4.69, 9.17) is 9.63 Å². The summed E-state index contributed by atoms with van der Waals surface area (Å²) in [6.07, 6.45) is -0.331. The summed E-state index contributed by atoms with van der Waals surface area (Å²) >= 11 is 0. The predicted octanol–water partition coefficient (Wildman–Crippen LogP) is 2.88. The zero-order valence-corrected chi connectivity index (χ0v) is 12.7. The van der Waals surface area contributed by atoms with Crippen LogP contribution in [0.2, 0.25) is 0 Å². The number of aromatic nitrogens is 1. The zero-order chi connectivity index (χ0) is 17.0. The van der Waals surface area contributed by atoms with Crippen LogP contribution in [0.3, 0.4) is 0 Å². The Kier molecular flexibility index (Phi) is 5.10. The van der Waals surface area contributed by atoms with E-state index in [1.165, 1.54) is 30.3 Å². The van der Waals surface area contributed by atoms with Gasteiger partial charge in [-0.2, -0.15) is 0 Å². The molecule has 1 heterocycles. The Morgan fingerprint density at radius 2 is 1.96 bits per heavy atom. The number of carbonyl (C=O) groups excluding carboxylic acids is 1. The summed E-state index contributed by atoms with van der Waals surface area (Å²) in [5.41, 5.74) is 1.12. The van der Waals surface area contributed by atoms with Crippen molar-refractivity contribution in [1.29, 1.82) is 0 Å². The van der Waals surface area contributed by atoms with Crippen LogP contribution in [0.4, 0.5) is 4.39 Å². The summed E-state index contributed by atoms with van der Waals surface area (Å²) in [6, 6.07) is 6.01. The lowest BCUT2D eigenvalue weighted by Gasteiger charge is -2.16. The molecule has 0 fully saturated rings. The number of nitrogens with one attached hydrogen (secondary N) is 1. The lowest BCUT2D eigenvalue weighted by atomic mass is 10.0. The van der Waals surface area contributed by atoms with E-state index in [9.17, 15) is 14.0 Å². The van der Waals surface area contributed by atoms with Crippen LogP contribution >= 0.6 is 0 Å². The minimum Gasteiger partial charge on any atom is -0.481 e. The second-order valence-corrected chi connectivity index (χ2v) is 5.45. The average molecular weight is 320 g/mol. The van der Waals surface area contributed by atoms with Crippen LogP contribution < -0.4 is 5.32 Å². The number of halogens is 1. The lowest BCUT2D eigenvalue weighted by Crippen LogP contribution is -2.30.